The fourth-order valence-electron chi connectivity index (χ4n) is 1.79. The van der Waals surface area contributed by atoms with Crippen LogP contribution < -0.4 is 14.2 Å². The van der Waals surface area contributed by atoms with Crippen molar-refractivity contribution in [3.63, 3.8) is 0 Å². The van der Waals surface area contributed by atoms with Gasteiger partial charge in [-0.25, -0.2) is 13.1 Å². The Labute approximate surface area is 148 Å². The minimum Gasteiger partial charge on any atom is -0.493 e. The molecule has 0 saturated heterocycles. The summed E-state index contributed by atoms with van der Waals surface area (Å²) >= 11 is 6.57. The Morgan fingerprint density at radius 1 is 1.17 bits per heavy atom. The molecule has 0 unspecified atom stereocenters. The molecule has 0 spiro atoms. The first-order chi connectivity index (χ1) is 11.4. The van der Waals surface area contributed by atoms with Crippen LogP contribution >= 0.6 is 22.9 Å². The van der Waals surface area contributed by atoms with E-state index in [2.05, 4.69) is 0 Å². The summed E-state index contributed by atoms with van der Waals surface area (Å²) in [4.78, 5) is 11.8. The molecule has 0 aliphatic heterocycles. The van der Waals surface area contributed by atoms with Crippen molar-refractivity contribution in [2.24, 2.45) is 0 Å². The van der Waals surface area contributed by atoms with Crippen LogP contribution in [0.3, 0.4) is 0 Å². The number of sulfonamides is 1. The lowest BCUT2D eigenvalue weighted by Crippen LogP contribution is -2.28. The summed E-state index contributed by atoms with van der Waals surface area (Å²) in [6.07, 6.45) is 2.59. The van der Waals surface area contributed by atoms with Crippen LogP contribution in [0, 0.1) is 0 Å². The van der Waals surface area contributed by atoms with Gasteiger partial charge < -0.3 is 9.47 Å². The molecule has 2 rings (SSSR count). The highest BCUT2D eigenvalue weighted by molar-refractivity contribution is 7.92. The molecule has 0 atom stereocenters. The number of hydrogen-bond donors (Lipinski definition) is 1. The Bertz CT molecular complexity index is 874. The van der Waals surface area contributed by atoms with E-state index in [-0.39, 0.29) is 4.21 Å². The highest BCUT2D eigenvalue weighted by atomic mass is 35.5. The fourth-order valence-corrected chi connectivity index (χ4v) is 4.22. The molecule has 1 aromatic heterocycles. The first-order valence-electron chi connectivity index (χ1n) is 6.58. The molecule has 128 valence electrons. The predicted octanol–water partition coefficient (Wildman–Crippen LogP) is 2.94. The van der Waals surface area contributed by atoms with Crippen LogP contribution in [0.25, 0.3) is 6.08 Å². The molecule has 1 N–H and O–H groups in total. The van der Waals surface area contributed by atoms with Crippen LogP contribution in [0.15, 0.2) is 40.6 Å². The van der Waals surface area contributed by atoms with Gasteiger partial charge in [0.25, 0.3) is 15.9 Å². The van der Waals surface area contributed by atoms with Crippen LogP contribution in [0.2, 0.25) is 4.34 Å². The van der Waals surface area contributed by atoms with Crippen molar-refractivity contribution in [3.8, 4) is 11.5 Å². The lowest BCUT2D eigenvalue weighted by molar-refractivity contribution is -0.114. The van der Waals surface area contributed by atoms with Gasteiger partial charge in [-0.15, -0.1) is 11.3 Å². The number of nitrogens with one attached hydrogen (secondary N) is 1. The normalized spacial score (nSPS) is 11.5. The first-order valence-corrected chi connectivity index (χ1v) is 9.25. The highest BCUT2D eigenvalue weighted by Crippen LogP contribution is 2.28. The van der Waals surface area contributed by atoms with Gasteiger partial charge in [-0.05, 0) is 35.9 Å². The topological polar surface area (TPSA) is 81.7 Å². The maximum absolute atomic E-state index is 12.0. The van der Waals surface area contributed by atoms with Crippen LogP contribution in [-0.4, -0.2) is 28.5 Å². The minimum atomic E-state index is -3.93. The SMILES string of the molecule is COc1ccc(/C=C/C(=O)NS(=O)(=O)c2ccc(Cl)s2)cc1OC. The summed E-state index contributed by atoms with van der Waals surface area (Å²) in [7, 11) is -0.915. The number of thiophene rings is 1. The Morgan fingerprint density at radius 3 is 2.46 bits per heavy atom. The number of carbonyl (C=O) groups excluding carboxylic acids is 1. The fraction of sp³-hybridized carbons (Fsp3) is 0.133. The number of methoxy groups -OCH3 is 2. The summed E-state index contributed by atoms with van der Waals surface area (Å²) in [6.45, 7) is 0. The van der Waals surface area contributed by atoms with E-state index >= 15 is 0 Å². The van der Waals surface area contributed by atoms with E-state index < -0.39 is 15.9 Å². The zero-order chi connectivity index (χ0) is 17.7. The molecule has 2 aromatic rings. The second kappa shape index (κ2) is 7.69. The molecule has 24 heavy (non-hydrogen) atoms. The Morgan fingerprint density at radius 2 is 1.88 bits per heavy atom. The minimum absolute atomic E-state index is 0.0274. The first kappa shape index (κ1) is 18.3. The van der Waals surface area contributed by atoms with Crippen LogP contribution in [0.1, 0.15) is 5.56 Å². The standard InChI is InChI=1S/C15H14ClNO5S2/c1-21-11-5-3-10(9-12(11)22-2)4-7-14(18)17-24(19,20)15-8-6-13(16)23-15/h3-9H,1-2H3,(H,17,18)/b7-4+. The molecule has 0 radical (unpaired) electrons. The van der Waals surface area contributed by atoms with Gasteiger partial charge in [-0.2, -0.15) is 0 Å². The van der Waals surface area contributed by atoms with Crippen molar-refractivity contribution < 1.29 is 22.7 Å². The van der Waals surface area contributed by atoms with E-state index in [0.29, 0.717) is 21.4 Å². The molecule has 1 amide bonds. The average Bonchev–Trinajstić information content (AvgIpc) is 2.99. The molecule has 1 heterocycles. The number of rotatable bonds is 6. The summed E-state index contributed by atoms with van der Waals surface area (Å²) in [6, 6.07) is 7.83. The van der Waals surface area contributed by atoms with E-state index in [1.54, 1.807) is 18.2 Å². The summed E-state index contributed by atoms with van der Waals surface area (Å²) in [5.74, 6) is 0.284. The third-order valence-corrected chi connectivity index (χ3v) is 5.95. The quantitative estimate of drug-likeness (QED) is 0.770. The van der Waals surface area contributed by atoms with E-state index in [9.17, 15) is 13.2 Å². The molecular formula is C15H14ClNO5S2. The number of ether oxygens (including phenoxy) is 2. The van der Waals surface area contributed by atoms with Gasteiger partial charge in [-0.1, -0.05) is 17.7 Å². The summed E-state index contributed by atoms with van der Waals surface area (Å²) < 4.78 is 36.5. The molecule has 0 aliphatic carbocycles. The van der Waals surface area contributed by atoms with Gasteiger partial charge in [0.1, 0.15) is 4.21 Å². The van der Waals surface area contributed by atoms with E-state index in [1.165, 1.54) is 32.4 Å². The molecule has 0 aliphatic rings. The van der Waals surface area contributed by atoms with Gasteiger partial charge in [0.15, 0.2) is 11.5 Å². The average molecular weight is 388 g/mol. The van der Waals surface area contributed by atoms with E-state index in [0.717, 1.165) is 17.4 Å². The molecule has 0 bridgehead atoms. The number of carbonyl (C=O) groups is 1. The number of amides is 1. The molecule has 0 fully saturated rings. The zero-order valence-electron chi connectivity index (χ0n) is 12.8. The summed E-state index contributed by atoms with van der Waals surface area (Å²) in [5.41, 5.74) is 0.652. The van der Waals surface area contributed by atoms with Crippen molar-refractivity contribution in [2.45, 2.75) is 4.21 Å². The monoisotopic (exact) mass is 387 g/mol. The predicted molar refractivity (Wildman–Crippen MR) is 93.2 cm³/mol. The van der Waals surface area contributed by atoms with Gasteiger partial charge in [0.2, 0.25) is 0 Å². The lowest BCUT2D eigenvalue weighted by Gasteiger charge is -2.07. The maximum Gasteiger partial charge on any atom is 0.273 e. The molecular weight excluding hydrogens is 374 g/mol. The largest absolute Gasteiger partial charge is 0.493 e. The van der Waals surface area contributed by atoms with Crippen molar-refractivity contribution in [3.05, 3.63) is 46.3 Å². The Kier molecular flexibility index (Phi) is 5.87. The van der Waals surface area contributed by atoms with Crippen LogP contribution in [-0.2, 0) is 14.8 Å². The van der Waals surface area contributed by atoms with Crippen molar-refractivity contribution >= 4 is 44.9 Å². The van der Waals surface area contributed by atoms with E-state index in [4.69, 9.17) is 21.1 Å². The van der Waals surface area contributed by atoms with Crippen molar-refractivity contribution in [1.82, 2.24) is 4.72 Å². The maximum atomic E-state index is 12.0. The Hall–Kier alpha value is -2.03. The smallest absolute Gasteiger partial charge is 0.273 e. The molecule has 1 aromatic carbocycles. The third-order valence-electron chi connectivity index (χ3n) is 2.88. The van der Waals surface area contributed by atoms with Gasteiger partial charge in [0.05, 0.1) is 18.6 Å². The zero-order valence-corrected chi connectivity index (χ0v) is 15.2. The number of benzene rings is 1. The van der Waals surface area contributed by atoms with Crippen LogP contribution in [0.5, 0.6) is 11.5 Å². The number of hydrogen-bond acceptors (Lipinski definition) is 6. The van der Waals surface area contributed by atoms with Crippen LogP contribution in [0.4, 0.5) is 0 Å². The number of halogens is 1. The Balaban J connectivity index is 2.10. The lowest BCUT2D eigenvalue weighted by atomic mass is 10.2. The van der Waals surface area contributed by atoms with E-state index in [1.807, 2.05) is 4.72 Å². The second-order valence-electron chi connectivity index (χ2n) is 4.48. The van der Waals surface area contributed by atoms with Gasteiger partial charge in [0, 0.05) is 6.08 Å². The van der Waals surface area contributed by atoms with Crippen molar-refractivity contribution in [1.29, 1.82) is 0 Å². The highest BCUT2D eigenvalue weighted by Gasteiger charge is 2.18. The molecule has 0 saturated carbocycles. The second-order valence-corrected chi connectivity index (χ2v) is 8.10. The van der Waals surface area contributed by atoms with Crippen molar-refractivity contribution in [2.75, 3.05) is 14.2 Å². The third kappa shape index (κ3) is 4.50. The van der Waals surface area contributed by atoms with Gasteiger partial charge in [-0.3, -0.25) is 4.79 Å². The van der Waals surface area contributed by atoms with Gasteiger partial charge >= 0.3 is 0 Å². The molecule has 6 nitrogen and oxygen atoms in total. The summed E-state index contributed by atoms with van der Waals surface area (Å²) in [5, 5.41) is 0. The molecule has 9 heteroatoms.